The molecule has 1 N–H and O–H groups in total. The van der Waals surface area contributed by atoms with Gasteiger partial charge < -0.3 is 5.32 Å². The maximum atomic E-state index is 12.9. The quantitative estimate of drug-likeness (QED) is 0.749. The third kappa shape index (κ3) is 4.23. The van der Waals surface area contributed by atoms with Crippen molar-refractivity contribution in [2.75, 3.05) is 5.32 Å². The number of hydrogen-bond donors (Lipinski definition) is 1. The number of nitrogens with one attached hydrogen (secondary N) is 1. The van der Waals surface area contributed by atoms with E-state index in [0.29, 0.717) is 18.0 Å². The molecular weight excluding hydrogens is 311 g/mol. The molecule has 3 aromatic rings. The van der Waals surface area contributed by atoms with Crippen LogP contribution in [0.3, 0.4) is 0 Å². The normalized spacial score (nSPS) is 10.5. The minimum Gasteiger partial charge on any atom is -0.302 e. The van der Waals surface area contributed by atoms with Gasteiger partial charge in [-0.25, -0.2) is 9.37 Å². The number of carbonyl (C=O) groups excluding carboxylic acids is 1. The van der Waals surface area contributed by atoms with Gasteiger partial charge in [-0.1, -0.05) is 30.3 Å². The maximum absolute atomic E-state index is 12.9. The number of hydrogen-bond acceptors (Lipinski definition) is 3. The number of nitrogens with zero attached hydrogens (tertiary/aromatic N) is 1. The zero-order valence-electron chi connectivity index (χ0n) is 12.3. The van der Waals surface area contributed by atoms with Crippen molar-refractivity contribution in [3.8, 4) is 11.3 Å². The van der Waals surface area contributed by atoms with E-state index >= 15 is 0 Å². The van der Waals surface area contributed by atoms with Crippen LogP contribution >= 0.6 is 11.3 Å². The van der Waals surface area contributed by atoms with Crippen LogP contribution in [-0.2, 0) is 11.2 Å². The average molecular weight is 326 g/mol. The number of thiazole rings is 1. The van der Waals surface area contributed by atoms with Crippen LogP contribution in [0.2, 0.25) is 0 Å². The molecule has 0 radical (unpaired) electrons. The average Bonchev–Trinajstić information content (AvgIpc) is 3.03. The Balaban J connectivity index is 1.58. The molecule has 0 spiro atoms. The fourth-order valence-electron chi connectivity index (χ4n) is 2.17. The second-order valence-corrected chi connectivity index (χ2v) is 5.94. The highest BCUT2D eigenvalue weighted by atomic mass is 32.1. The first-order chi connectivity index (χ1) is 11.2. The Kier molecular flexibility index (Phi) is 4.78. The van der Waals surface area contributed by atoms with Gasteiger partial charge in [0.2, 0.25) is 5.91 Å². The van der Waals surface area contributed by atoms with Gasteiger partial charge in [-0.2, -0.15) is 0 Å². The minimum absolute atomic E-state index is 0.0612. The zero-order valence-corrected chi connectivity index (χ0v) is 13.1. The molecule has 23 heavy (non-hydrogen) atoms. The Morgan fingerprint density at radius 2 is 1.83 bits per heavy atom. The number of rotatable bonds is 5. The van der Waals surface area contributed by atoms with E-state index in [4.69, 9.17) is 0 Å². The molecule has 0 aliphatic heterocycles. The number of benzene rings is 2. The fraction of sp³-hybridized carbons (Fsp3) is 0.111. The van der Waals surface area contributed by atoms with Gasteiger partial charge in [-0.3, -0.25) is 4.79 Å². The maximum Gasteiger partial charge on any atom is 0.226 e. The second kappa shape index (κ2) is 7.15. The molecule has 1 heterocycles. The second-order valence-electron chi connectivity index (χ2n) is 5.08. The summed E-state index contributed by atoms with van der Waals surface area (Å²) in [6.07, 6.45) is 1.11. The van der Waals surface area contributed by atoms with Crippen LogP contribution in [0.15, 0.2) is 60.0 Å². The molecule has 0 saturated heterocycles. The monoisotopic (exact) mass is 326 g/mol. The number of carbonyl (C=O) groups is 1. The molecule has 0 saturated carbocycles. The van der Waals surface area contributed by atoms with Gasteiger partial charge in [0.25, 0.3) is 0 Å². The van der Waals surface area contributed by atoms with Crippen LogP contribution in [-0.4, -0.2) is 10.9 Å². The van der Waals surface area contributed by atoms with Crippen molar-refractivity contribution in [3.05, 3.63) is 71.4 Å². The lowest BCUT2D eigenvalue weighted by Crippen LogP contribution is -2.12. The zero-order chi connectivity index (χ0) is 16.1. The van der Waals surface area contributed by atoms with Crippen LogP contribution in [0.1, 0.15) is 12.0 Å². The molecule has 0 atom stereocenters. The van der Waals surface area contributed by atoms with E-state index in [1.165, 1.54) is 23.5 Å². The lowest BCUT2D eigenvalue weighted by molar-refractivity contribution is -0.116. The van der Waals surface area contributed by atoms with Crippen LogP contribution in [0.5, 0.6) is 0 Å². The third-order valence-corrected chi connectivity index (χ3v) is 4.13. The van der Waals surface area contributed by atoms with Crippen molar-refractivity contribution < 1.29 is 9.18 Å². The summed E-state index contributed by atoms with van der Waals surface area (Å²) in [6.45, 7) is 0. The van der Waals surface area contributed by atoms with Crippen molar-refractivity contribution in [2.45, 2.75) is 12.8 Å². The molecule has 0 bridgehead atoms. The molecule has 5 heteroatoms. The summed E-state index contributed by atoms with van der Waals surface area (Å²) in [5, 5.41) is 5.21. The number of halogens is 1. The molecule has 116 valence electrons. The number of anilines is 1. The number of aryl methyl sites for hydroxylation is 1. The van der Waals surface area contributed by atoms with E-state index < -0.39 is 0 Å². The van der Waals surface area contributed by atoms with Crippen molar-refractivity contribution in [1.29, 1.82) is 0 Å². The van der Waals surface area contributed by atoms with E-state index in [1.54, 1.807) is 12.1 Å². The summed E-state index contributed by atoms with van der Waals surface area (Å²) < 4.78 is 12.9. The molecule has 2 aromatic carbocycles. The first-order valence-electron chi connectivity index (χ1n) is 7.26. The van der Waals surface area contributed by atoms with E-state index in [9.17, 15) is 9.18 Å². The van der Waals surface area contributed by atoms with Crippen molar-refractivity contribution in [3.63, 3.8) is 0 Å². The van der Waals surface area contributed by atoms with Crippen molar-refractivity contribution in [2.24, 2.45) is 0 Å². The predicted molar refractivity (Wildman–Crippen MR) is 90.9 cm³/mol. The van der Waals surface area contributed by atoms with Crippen LogP contribution in [0.4, 0.5) is 9.52 Å². The van der Waals surface area contributed by atoms with Gasteiger partial charge in [0.1, 0.15) is 5.82 Å². The Morgan fingerprint density at radius 3 is 2.57 bits per heavy atom. The molecule has 0 fully saturated rings. The smallest absolute Gasteiger partial charge is 0.226 e. The predicted octanol–water partition coefficient (Wildman–Crippen LogP) is 4.52. The van der Waals surface area contributed by atoms with Crippen LogP contribution < -0.4 is 5.32 Å². The lowest BCUT2D eigenvalue weighted by atomic mass is 10.1. The van der Waals surface area contributed by atoms with Gasteiger partial charge >= 0.3 is 0 Å². The summed E-state index contributed by atoms with van der Waals surface area (Å²) in [5.41, 5.74) is 2.69. The van der Waals surface area contributed by atoms with Crippen molar-refractivity contribution in [1.82, 2.24) is 4.98 Å². The molecular formula is C18H15FN2OS. The standard InChI is InChI=1S/C18H15FN2OS/c19-15-9-7-14(8-10-15)16-12-23-18(20-16)21-17(22)11-6-13-4-2-1-3-5-13/h1-5,7-10,12H,6,11H2,(H,20,21,22). The molecule has 0 aliphatic carbocycles. The van der Waals surface area contributed by atoms with Crippen molar-refractivity contribution >= 4 is 22.4 Å². The Hall–Kier alpha value is -2.53. The summed E-state index contributed by atoms with van der Waals surface area (Å²) in [7, 11) is 0. The van der Waals surface area contributed by atoms with Crippen LogP contribution in [0.25, 0.3) is 11.3 Å². The first-order valence-corrected chi connectivity index (χ1v) is 8.14. The highest BCUT2D eigenvalue weighted by Crippen LogP contribution is 2.25. The topological polar surface area (TPSA) is 42.0 Å². The molecule has 0 unspecified atom stereocenters. The Morgan fingerprint density at radius 1 is 1.09 bits per heavy atom. The summed E-state index contributed by atoms with van der Waals surface area (Å²) >= 11 is 1.36. The summed E-state index contributed by atoms with van der Waals surface area (Å²) in [5.74, 6) is -0.340. The van der Waals surface area contributed by atoms with Gasteiger partial charge in [0, 0.05) is 17.4 Å². The third-order valence-electron chi connectivity index (χ3n) is 3.37. The summed E-state index contributed by atoms with van der Waals surface area (Å²) in [4.78, 5) is 16.4. The summed E-state index contributed by atoms with van der Waals surface area (Å²) in [6, 6.07) is 16.0. The van der Waals surface area contributed by atoms with E-state index in [-0.39, 0.29) is 11.7 Å². The molecule has 3 nitrogen and oxygen atoms in total. The highest BCUT2D eigenvalue weighted by molar-refractivity contribution is 7.14. The van der Waals surface area contributed by atoms with E-state index in [2.05, 4.69) is 10.3 Å². The molecule has 1 aromatic heterocycles. The largest absolute Gasteiger partial charge is 0.302 e. The fourth-order valence-corrected chi connectivity index (χ4v) is 2.90. The molecule has 0 aliphatic rings. The van der Waals surface area contributed by atoms with Gasteiger partial charge in [0.15, 0.2) is 5.13 Å². The minimum atomic E-state index is -0.279. The lowest BCUT2D eigenvalue weighted by Gasteiger charge is -2.02. The Labute approximate surface area is 137 Å². The molecule has 1 amide bonds. The highest BCUT2D eigenvalue weighted by Gasteiger charge is 2.08. The SMILES string of the molecule is O=C(CCc1ccccc1)Nc1nc(-c2ccc(F)cc2)cs1. The number of amides is 1. The molecule has 3 rings (SSSR count). The first kappa shape index (κ1) is 15.4. The van der Waals surface area contributed by atoms with E-state index in [0.717, 1.165) is 16.8 Å². The van der Waals surface area contributed by atoms with Gasteiger partial charge in [0.05, 0.1) is 5.69 Å². The van der Waals surface area contributed by atoms with Gasteiger partial charge in [-0.05, 0) is 36.2 Å². The van der Waals surface area contributed by atoms with Crippen LogP contribution in [0, 0.1) is 5.82 Å². The van der Waals surface area contributed by atoms with E-state index in [1.807, 2.05) is 35.7 Å². The Bertz CT molecular complexity index is 784. The van der Waals surface area contributed by atoms with Gasteiger partial charge in [-0.15, -0.1) is 11.3 Å². The number of aromatic nitrogens is 1.